The first-order chi connectivity index (χ1) is 8.05. The molecule has 17 heavy (non-hydrogen) atoms. The van der Waals surface area contributed by atoms with Gasteiger partial charge in [0.15, 0.2) is 0 Å². The second-order valence-electron chi connectivity index (χ2n) is 6.17. The largest absolute Gasteiger partial charge is 0.300 e. The maximum absolute atomic E-state index is 11.4. The van der Waals surface area contributed by atoms with Crippen LogP contribution in [0.1, 0.15) is 73.1 Å². The molecule has 0 radical (unpaired) electrons. The van der Waals surface area contributed by atoms with E-state index in [9.17, 15) is 4.79 Å². The molecule has 0 aromatic carbocycles. The van der Waals surface area contributed by atoms with Gasteiger partial charge in [-0.25, -0.2) is 0 Å². The molecule has 0 spiro atoms. The number of hydrogen-bond donors (Lipinski definition) is 0. The van der Waals surface area contributed by atoms with Gasteiger partial charge in [0.25, 0.3) is 0 Å². The molecule has 0 aromatic rings. The van der Waals surface area contributed by atoms with E-state index in [1.54, 1.807) is 6.92 Å². The molecule has 0 amide bonds. The highest BCUT2D eigenvalue weighted by Crippen LogP contribution is 2.56. The minimum Gasteiger partial charge on any atom is -0.300 e. The lowest BCUT2D eigenvalue weighted by atomic mass is 9.65. The van der Waals surface area contributed by atoms with Crippen LogP contribution >= 0.6 is 0 Å². The summed E-state index contributed by atoms with van der Waals surface area (Å²) in [5, 5.41) is 0. The van der Waals surface area contributed by atoms with Gasteiger partial charge in [-0.2, -0.15) is 0 Å². The average Bonchev–Trinajstić information content (AvgIpc) is 2.92. The Morgan fingerprint density at radius 3 is 2.24 bits per heavy atom. The Balaban J connectivity index is 0.000000686. The van der Waals surface area contributed by atoms with E-state index in [1.807, 2.05) is 13.8 Å². The normalized spacial score (nSPS) is 33.8. The van der Waals surface area contributed by atoms with Crippen molar-refractivity contribution >= 4 is 5.78 Å². The summed E-state index contributed by atoms with van der Waals surface area (Å²) in [5.41, 5.74) is 0.297. The summed E-state index contributed by atoms with van der Waals surface area (Å²) < 4.78 is 0. The molecule has 0 heterocycles. The van der Waals surface area contributed by atoms with Crippen LogP contribution in [0.15, 0.2) is 0 Å². The highest BCUT2D eigenvalue weighted by Gasteiger charge is 2.47. The maximum atomic E-state index is 11.4. The number of rotatable bonds is 4. The molecule has 0 saturated heterocycles. The summed E-state index contributed by atoms with van der Waals surface area (Å²) in [7, 11) is 0. The van der Waals surface area contributed by atoms with Crippen molar-refractivity contribution in [1.82, 2.24) is 0 Å². The van der Waals surface area contributed by atoms with Gasteiger partial charge in [0.1, 0.15) is 5.78 Å². The molecule has 2 fully saturated rings. The fraction of sp³-hybridized carbons (Fsp3) is 0.938. The van der Waals surface area contributed by atoms with Crippen molar-refractivity contribution in [1.29, 1.82) is 0 Å². The lowest BCUT2D eigenvalue weighted by molar-refractivity contribution is -0.120. The van der Waals surface area contributed by atoms with Crippen molar-refractivity contribution in [3.8, 4) is 0 Å². The lowest BCUT2D eigenvalue weighted by Crippen LogP contribution is -2.32. The van der Waals surface area contributed by atoms with E-state index in [0.717, 1.165) is 24.2 Å². The second kappa shape index (κ2) is 6.02. The third kappa shape index (κ3) is 3.11. The SMILES string of the molecule is CC.CCC(C)(CC(C)=O)C1CC2CCC1C2. The first kappa shape index (κ1) is 14.7. The zero-order valence-electron chi connectivity index (χ0n) is 12.4. The van der Waals surface area contributed by atoms with Crippen molar-refractivity contribution in [3.05, 3.63) is 0 Å². The Hall–Kier alpha value is -0.330. The summed E-state index contributed by atoms with van der Waals surface area (Å²) in [6.45, 7) is 10.4. The van der Waals surface area contributed by atoms with E-state index in [1.165, 1.54) is 32.1 Å². The van der Waals surface area contributed by atoms with E-state index in [-0.39, 0.29) is 0 Å². The number of hydrogen-bond acceptors (Lipinski definition) is 1. The average molecular weight is 238 g/mol. The zero-order valence-corrected chi connectivity index (χ0v) is 12.4. The van der Waals surface area contributed by atoms with E-state index < -0.39 is 0 Å². The van der Waals surface area contributed by atoms with Gasteiger partial charge in [0, 0.05) is 6.42 Å². The van der Waals surface area contributed by atoms with Crippen LogP contribution in [0.4, 0.5) is 0 Å². The van der Waals surface area contributed by atoms with Gasteiger partial charge in [-0.15, -0.1) is 0 Å². The Morgan fingerprint density at radius 1 is 1.24 bits per heavy atom. The van der Waals surface area contributed by atoms with Crippen LogP contribution in [0, 0.1) is 23.2 Å². The quantitative estimate of drug-likeness (QED) is 0.684. The van der Waals surface area contributed by atoms with Crippen LogP contribution < -0.4 is 0 Å². The van der Waals surface area contributed by atoms with Crippen molar-refractivity contribution in [2.45, 2.75) is 73.1 Å². The van der Waals surface area contributed by atoms with Crippen LogP contribution in [0.25, 0.3) is 0 Å². The van der Waals surface area contributed by atoms with Gasteiger partial charge in [-0.3, -0.25) is 0 Å². The number of carbonyl (C=O) groups is 1. The summed E-state index contributed by atoms with van der Waals surface area (Å²) in [6.07, 6.45) is 7.72. The molecular weight excluding hydrogens is 208 g/mol. The van der Waals surface area contributed by atoms with Crippen molar-refractivity contribution in [2.24, 2.45) is 23.2 Å². The second-order valence-corrected chi connectivity index (χ2v) is 6.17. The monoisotopic (exact) mass is 238 g/mol. The third-order valence-corrected chi connectivity index (χ3v) is 5.09. The first-order valence-corrected chi connectivity index (χ1v) is 7.54. The molecule has 0 aromatic heterocycles. The van der Waals surface area contributed by atoms with E-state index in [2.05, 4.69) is 13.8 Å². The van der Waals surface area contributed by atoms with Crippen LogP contribution in [-0.2, 0) is 4.79 Å². The Bertz CT molecular complexity index is 258. The van der Waals surface area contributed by atoms with Gasteiger partial charge in [-0.1, -0.05) is 40.5 Å². The smallest absolute Gasteiger partial charge is 0.130 e. The zero-order chi connectivity index (χ0) is 13.1. The molecule has 2 saturated carbocycles. The summed E-state index contributed by atoms with van der Waals surface area (Å²) in [4.78, 5) is 11.4. The number of Topliss-reactive ketones (excluding diaryl/α,β-unsaturated/α-hetero) is 1. The third-order valence-electron chi connectivity index (χ3n) is 5.09. The molecule has 2 rings (SSSR count). The molecular formula is C16H30O. The van der Waals surface area contributed by atoms with Crippen LogP contribution in [-0.4, -0.2) is 5.78 Å². The van der Waals surface area contributed by atoms with Gasteiger partial charge < -0.3 is 4.79 Å². The molecule has 0 N–H and O–H groups in total. The van der Waals surface area contributed by atoms with Gasteiger partial charge in [0.2, 0.25) is 0 Å². The standard InChI is InChI=1S/C14H24O.C2H6/c1-4-14(3,9-10(2)15)13-8-11-5-6-12(13)7-11;1-2/h11-13H,4-9H2,1-3H3;1-2H3. The van der Waals surface area contributed by atoms with E-state index in [0.29, 0.717) is 11.2 Å². The fourth-order valence-electron chi connectivity index (χ4n) is 4.19. The highest BCUT2D eigenvalue weighted by atomic mass is 16.1. The van der Waals surface area contributed by atoms with Crippen LogP contribution in [0.5, 0.6) is 0 Å². The number of fused-ring (bicyclic) bond motifs is 2. The number of carbonyl (C=O) groups excluding carboxylic acids is 1. The first-order valence-electron chi connectivity index (χ1n) is 7.54. The van der Waals surface area contributed by atoms with E-state index in [4.69, 9.17) is 0 Å². The molecule has 4 atom stereocenters. The predicted molar refractivity (Wildman–Crippen MR) is 74.0 cm³/mol. The summed E-state index contributed by atoms with van der Waals surface area (Å²) in [5.74, 6) is 3.16. The molecule has 2 aliphatic carbocycles. The van der Waals surface area contributed by atoms with Crippen LogP contribution in [0.2, 0.25) is 0 Å². The number of ketones is 1. The molecule has 1 nitrogen and oxygen atoms in total. The van der Waals surface area contributed by atoms with E-state index >= 15 is 0 Å². The molecule has 1 heteroatoms. The topological polar surface area (TPSA) is 17.1 Å². The minimum atomic E-state index is 0.297. The lowest BCUT2D eigenvalue weighted by Gasteiger charge is -2.39. The van der Waals surface area contributed by atoms with Gasteiger partial charge >= 0.3 is 0 Å². The molecule has 2 aliphatic rings. The van der Waals surface area contributed by atoms with Gasteiger partial charge in [-0.05, 0) is 49.4 Å². The predicted octanol–water partition coefficient (Wildman–Crippen LogP) is 4.84. The van der Waals surface area contributed by atoms with Crippen molar-refractivity contribution in [2.75, 3.05) is 0 Å². The van der Waals surface area contributed by atoms with Gasteiger partial charge in [0.05, 0.1) is 0 Å². The summed E-state index contributed by atoms with van der Waals surface area (Å²) in [6, 6.07) is 0. The molecule has 2 bridgehead atoms. The molecule has 100 valence electrons. The van der Waals surface area contributed by atoms with Crippen molar-refractivity contribution in [3.63, 3.8) is 0 Å². The Labute approximate surface area is 107 Å². The molecule has 0 aliphatic heterocycles. The Kier molecular flexibility index (Phi) is 5.22. The summed E-state index contributed by atoms with van der Waals surface area (Å²) >= 11 is 0. The fourth-order valence-corrected chi connectivity index (χ4v) is 4.19. The Morgan fingerprint density at radius 2 is 1.88 bits per heavy atom. The van der Waals surface area contributed by atoms with Crippen LogP contribution in [0.3, 0.4) is 0 Å². The van der Waals surface area contributed by atoms with Crippen molar-refractivity contribution < 1.29 is 4.79 Å². The highest BCUT2D eigenvalue weighted by molar-refractivity contribution is 5.76. The molecule has 4 unspecified atom stereocenters. The maximum Gasteiger partial charge on any atom is 0.130 e. The minimum absolute atomic E-state index is 0.297.